The SMILES string of the molecule is CO[C@@H](C)c1ncccc1-c1c2c3cc(ccc3n1C1CN(C3CC3)C1)-c1coc(n1)[C@@H](N1CC3(CN(C(C)=O)C3)C1)[C@H](NC(=O)C1[C@@H](C)[C@H]1C)C(=O)N1CCC[C@H](N1)C(=O)OCC(C)(C)C2. The molecule has 11 rings (SSSR count). The number of carbonyl (C=O) groups excluding carboxylic acids is 4. The summed E-state index contributed by atoms with van der Waals surface area (Å²) < 4.78 is 21.2. The molecule has 0 radical (unpaired) electrons. The van der Waals surface area contributed by atoms with Gasteiger partial charge in [0.25, 0.3) is 5.91 Å². The van der Waals surface area contributed by atoms with Crippen LogP contribution < -0.4 is 10.7 Å². The molecule has 7 aliphatic rings. The van der Waals surface area contributed by atoms with Crippen LogP contribution in [0, 0.1) is 28.6 Å². The molecule has 1 aromatic carbocycles. The number of cyclic esters (lactones) is 1. The van der Waals surface area contributed by atoms with Crippen molar-refractivity contribution in [2.75, 3.05) is 59.5 Å². The summed E-state index contributed by atoms with van der Waals surface area (Å²) in [5, 5.41) is 5.77. The van der Waals surface area contributed by atoms with Crippen molar-refractivity contribution in [3.63, 3.8) is 0 Å². The quantitative estimate of drug-likeness (QED) is 0.220. The second kappa shape index (κ2) is 16.5. The monoisotopic (exact) mass is 916 g/mol. The highest BCUT2D eigenvalue weighted by Gasteiger charge is 2.58. The second-order valence-electron chi connectivity index (χ2n) is 21.9. The topological polar surface area (TPSA) is 168 Å². The fourth-order valence-electron chi connectivity index (χ4n) is 11.9. The van der Waals surface area contributed by atoms with Crippen LogP contribution in [-0.4, -0.2) is 136 Å². The van der Waals surface area contributed by atoms with Gasteiger partial charge in [-0.25, -0.2) is 10.4 Å². The van der Waals surface area contributed by atoms with E-state index in [1.165, 1.54) is 17.9 Å². The minimum absolute atomic E-state index is 0.0411. The molecule has 16 heteroatoms. The van der Waals surface area contributed by atoms with Gasteiger partial charge in [-0.3, -0.25) is 39.0 Å². The van der Waals surface area contributed by atoms with Crippen LogP contribution in [0.1, 0.15) is 103 Å². The van der Waals surface area contributed by atoms with Gasteiger partial charge in [-0.15, -0.1) is 0 Å². The molecule has 2 aliphatic carbocycles. The lowest BCUT2D eigenvalue weighted by Crippen LogP contribution is -2.74. The van der Waals surface area contributed by atoms with Crippen molar-refractivity contribution in [3.05, 3.63) is 59.9 Å². The summed E-state index contributed by atoms with van der Waals surface area (Å²) in [6.45, 7) is 16.9. The molecule has 5 aliphatic heterocycles. The number of pyridine rings is 1. The van der Waals surface area contributed by atoms with Crippen LogP contribution in [0.4, 0.5) is 0 Å². The molecule has 1 unspecified atom stereocenters. The standard InChI is InChI=1S/C51H65N9O7/c1-28-29(2)41(28)46(62)54-43-45(58-25-51(26-58)23-57(24-51)31(4)61)47-53-39(22-66-47)32-12-15-40-36(18-32)37(19-50(5,6)27-67-49(64)38-11-9-17-59(55-38)48(43)63)44(35-10-8-16-52-42(35)30(3)65-7)60(40)34-20-56(21-34)33-13-14-33/h8,10,12,15-16,18,22,28-30,33-34,38,41,43,45,55H,9,11,13-14,17,19-21,23-27H2,1-7H3,(H,54,62)/t28-,29+,30-,38-,41?,43-,45-/m0/s1. The molecule has 2 N–H and O–H groups in total. The highest BCUT2D eigenvalue weighted by atomic mass is 16.5. The van der Waals surface area contributed by atoms with Crippen molar-refractivity contribution >= 4 is 34.6 Å². The molecule has 6 fully saturated rings. The van der Waals surface area contributed by atoms with Gasteiger partial charge >= 0.3 is 5.97 Å². The van der Waals surface area contributed by atoms with E-state index < -0.39 is 29.5 Å². The van der Waals surface area contributed by atoms with Gasteiger partial charge < -0.3 is 28.7 Å². The first-order valence-corrected chi connectivity index (χ1v) is 24.5. The van der Waals surface area contributed by atoms with Crippen molar-refractivity contribution in [1.82, 2.24) is 45.0 Å². The number of amides is 3. The summed E-state index contributed by atoms with van der Waals surface area (Å²) in [4.78, 5) is 72.4. The van der Waals surface area contributed by atoms with E-state index >= 15 is 4.79 Å². The third-order valence-corrected chi connectivity index (χ3v) is 16.3. The number of aromatic nitrogens is 3. The van der Waals surface area contributed by atoms with Gasteiger partial charge in [0.05, 0.1) is 30.1 Å². The van der Waals surface area contributed by atoms with E-state index in [-0.39, 0.29) is 59.6 Å². The Kier molecular flexibility index (Phi) is 10.9. The molecule has 4 saturated heterocycles. The Balaban J connectivity index is 1.06. The van der Waals surface area contributed by atoms with E-state index in [0.717, 1.165) is 52.1 Å². The van der Waals surface area contributed by atoms with Crippen LogP contribution in [-0.2, 0) is 35.1 Å². The van der Waals surface area contributed by atoms with E-state index in [1.54, 1.807) is 20.3 Å². The second-order valence-corrected chi connectivity index (χ2v) is 21.9. The summed E-state index contributed by atoms with van der Waals surface area (Å²) in [7, 11) is 1.72. The van der Waals surface area contributed by atoms with Crippen molar-refractivity contribution in [2.45, 2.75) is 110 Å². The van der Waals surface area contributed by atoms with Crippen LogP contribution in [0.5, 0.6) is 0 Å². The molecule has 7 atom stereocenters. The molecule has 1 spiro atoms. The lowest BCUT2D eigenvalue weighted by Gasteiger charge is -2.61. The maximum absolute atomic E-state index is 15.1. The number of hydrogen-bond donors (Lipinski definition) is 2. The number of hydrazine groups is 1. The zero-order chi connectivity index (χ0) is 46.7. The van der Waals surface area contributed by atoms with Crippen LogP contribution in [0.2, 0.25) is 0 Å². The average molecular weight is 916 g/mol. The maximum atomic E-state index is 15.1. The summed E-state index contributed by atoms with van der Waals surface area (Å²) in [6, 6.07) is 8.93. The molecular weight excluding hydrogens is 851 g/mol. The fourth-order valence-corrected chi connectivity index (χ4v) is 11.9. The van der Waals surface area contributed by atoms with E-state index in [1.807, 2.05) is 24.1 Å². The van der Waals surface area contributed by atoms with Crippen LogP contribution in [0.25, 0.3) is 33.4 Å². The Morgan fingerprint density at radius 2 is 1.76 bits per heavy atom. The first-order valence-electron chi connectivity index (χ1n) is 24.5. The summed E-state index contributed by atoms with van der Waals surface area (Å²) >= 11 is 0. The number of ether oxygens (including phenoxy) is 2. The number of rotatable bonds is 8. The van der Waals surface area contributed by atoms with Crippen molar-refractivity contribution in [3.8, 4) is 22.5 Å². The smallest absolute Gasteiger partial charge is 0.324 e. The molecule has 3 aromatic heterocycles. The van der Waals surface area contributed by atoms with Crippen molar-refractivity contribution in [2.24, 2.45) is 28.6 Å². The molecule has 356 valence electrons. The predicted molar refractivity (Wildman–Crippen MR) is 249 cm³/mol. The van der Waals surface area contributed by atoms with Gasteiger partial charge in [-0.1, -0.05) is 33.8 Å². The lowest BCUT2D eigenvalue weighted by molar-refractivity contribution is -0.168. The van der Waals surface area contributed by atoms with E-state index in [9.17, 15) is 14.4 Å². The largest absolute Gasteiger partial charge is 0.464 e. The average Bonchev–Trinajstić information content (AvgIpc) is 4.12. The number of fused-ring (bicyclic) bond motifs is 6. The minimum atomic E-state index is -1.09. The Bertz CT molecular complexity index is 2610. The van der Waals surface area contributed by atoms with E-state index in [4.69, 9.17) is 23.9 Å². The van der Waals surface area contributed by atoms with Crippen molar-refractivity contribution in [1.29, 1.82) is 0 Å². The first kappa shape index (κ1) is 44.4. The van der Waals surface area contributed by atoms with Crippen LogP contribution >= 0.6 is 0 Å². The fraction of sp³-hybridized carbons (Fsp3) is 0.608. The van der Waals surface area contributed by atoms with E-state index in [2.05, 4.69) is 77.1 Å². The lowest BCUT2D eigenvalue weighted by atomic mass is 9.71. The Morgan fingerprint density at radius 1 is 1.00 bits per heavy atom. The van der Waals surface area contributed by atoms with Crippen molar-refractivity contribution < 1.29 is 33.1 Å². The minimum Gasteiger partial charge on any atom is -0.464 e. The van der Waals surface area contributed by atoms with Gasteiger partial charge in [-0.05, 0) is 80.7 Å². The number of hydrogen-bond acceptors (Lipinski definition) is 12. The summed E-state index contributed by atoms with van der Waals surface area (Å²) in [6.07, 6.45) is 7.38. The number of likely N-dealkylation sites (tertiary alicyclic amines) is 3. The third kappa shape index (κ3) is 7.85. The van der Waals surface area contributed by atoms with Crippen LogP contribution in [0.3, 0.4) is 0 Å². The van der Waals surface area contributed by atoms with Gasteiger partial charge in [0.15, 0.2) is 0 Å². The molecule has 3 amide bonds. The number of methoxy groups -OCH3 is 1. The van der Waals surface area contributed by atoms with Gasteiger partial charge in [0.2, 0.25) is 17.7 Å². The normalized spacial score (nSPS) is 29.1. The van der Waals surface area contributed by atoms with Gasteiger partial charge in [0.1, 0.15) is 30.1 Å². The molecule has 67 heavy (non-hydrogen) atoms. The third-order valence-electron chi connectivity index (χ3n) is 16.3. The van der Waals surface area contributed by atoms with Crippen LogP contribution in [0.15, 0.2) is 47.2 Å². The zero-order valence-electron chi connectivity index (χ0n) is 39.9. The predicted octanol–water partition coefficient (Wildman–Crippen LogP) is 5.30. The number of nitrogens with zero attached hydrogens (tertiary/aromatic N) is 7. The maximum Gasteiger partial charge on any atom is 0.324 e. The Hall–Kier alpha value is -5.16. The van der Waals surface area contributed by atoms with Gasteiger partial charge in [0, 0.05) is 111 Å². The highest BCUT2D eigenvalue weighted by Crippen LogP contribution is 2.49. The number of carbonyl (C=O) groups is 4. The van der Waals surface area contributed by atoms with E-state index in [0.29, 0.717) is 69.6 Å². The summed E-state index contributed by atoms with van der Waals surface area (Å²) in [5.74, 6) is -0.475. The molecule has 6 bridgehead atoms. The number of nitrogens with one attached hydrogen (secondary N) is 2. The molecule has 8 heterocycles. The Labute approximate surface area is 392 Å². The molecule has 16 nitrogen and oxygen atoms in total. The highest BCUT2D eigenvalue weighted by molar-refractivity contribution is 5.95. The molecular formula is C51H65N9O7. The summed E-state index contributed by atoms with van der Waals surface area (Å²) in [5.41, 5.74) is 9.29. The number of oxazole rings is 1. The first-order chi connectivity index (χ1) is 32.1. The van der Waals surface area contributed by atoms with Gasteiger partial charge in [-0.2, -0.15) is 0 Å². The Morgan fingerprint density at radius 3 is 2.46 bits per heavy atom. The molecule has 2 saturated carbocycles. The number of esters is 1. The molecule has 4 aromatic rings. The zero-order valence-corrected chi connectivity index (χ0v) is 39.9. The number of benzene rings is 1.